The van der Waals surface area contributed by atoms with Crippen molar-refractivity contribution in [2.75, 3.05) is 26.3 Å². The number of nitrogens with zero attached hydrogens (tertiary/aromatic N) is 2. The zero-order valence-electron chi connectivity index (χ0n) is 9.26. The van der Waals surface area contributed by atoms with E-state index in [2.05, 4.69) is 20.8 Å². The lowest BCUT2D eigenvalue weighted by molar-refractivity contribution is -0.384. The normalized spacial score (nSPS) is 17.0. The molecular formula is C11H13BrN2O3. The Kier molecular flexibility index (Phi) is 4.09. The first-order valence-corrected chi connectivity index (χ1v) is 6.19. The van der Waals surface area contributed by atoms with Gasteiger partial charge in [-0.2, -0.15) is 0 Å². The number of hydrogen-bond donors (Lipinski definition) is 0. The molecule has 1 aliphatic rings. The van der Waals surface area contributed by atoms with E-state index in [-0.39, 0.29) is 10.6 Å². The summed E-state index contributed by atoms with van der Waals surface area (Å²) in [4.78, 5) is 12.5. The summed E-state index contributed by atoms with van der Waals surface area (Å²) in [6, 6.07) is 4.90. The van der Waals surface area contributed by atoms with Gasteiger partial charge < -0.3 is 4.74 Å². The van der Waals surface area contributed by atoms with E-state index in [0.29, 0.717) is 0 Å². The predicted octanol–water partition coefficient (Wildman–Crippen LogP) is 2.19. The third-order valence-electron chi connectivity index (χ3n) is 2.75. The van der Waals surface area contributed by atoms with Gasteiger partial charge in [-0.3, -0.25) is 15.0 Å². The van der Waals surface area contributed by atoms with Crippen LogP contribution in [0.2, 0.25) is 0 Å². The molecule has 0 radical (unpaired) electrons. The average Bonchev–Trinajstić information content (AvgIpc) is 2.33. The van der Waals surface area contributed by atoms with Crippen molar-refractivity contribution in [1.29, 1.82) is 0 Å². The summed E-state index contributed by atoms with van der Waals surface area (Å²) in [5.41, 5.74) is 1.18. The fraction of sp³-hybridized carbons (Fsp3) is 0.455. The molecule has 0 spiro atoms. The van der Waals surface area contributed by atoms with Gasteiger partial charge in [0.1, 0.15) is 0 Å². The Morgan fingerprint density at radius 3 is 2.71 bits per heavy atom. The Balaban J connectivity index is 2.08. The summed E-state index contributed by atoms with van der Waals surface area (Å²) >= 11 is 3.38. The quantitative estimate of drug-likeness (QED) is 0.634. The Labute approximate surface area is 108 Å². The molecule has 1 aliphatic heterocycles. The van der Waals surface area contributed by atoms with Crippen molar-refractivity contribution < 1.29 is 9.66 Å². The van der Waals surface area contributed by atoms with Gasteiger partial charge in [0.25, 0.3) is 5.69 Å². The molecule has 1 saturated heterocycles. The highest BCUT2D eigenvalue weighted by atomic mass is 79.9. The number of nitro benzene ring substituents is 1. The highest BCUT2D eigenvalue weighted by Crippen LogP contribution is 2.24. The van der Waals surface area contributed by atoms with E-state index in [1.165, 1.54) is 0 Å². The lowest BCUT2D eigenvalue weighted by atomic mass is 10.2. The SMILES string of the molecule is O=[N+]([O-])c1ccc(CN2CCOCC2)c(Br)c1. The fourth-order valence-corrected chi connectivity index (χ4v) is 2.27. The number of halogens is 1. The molecule has 17 heavy (non-hydrogen) atoms. The van der Waals surface area contributed by atoms with E-state index in [0.717, 1.165) is 42.9 Å². The molecular weight excluding hydrogens is 288 g/mol. The van der Waals surface area contributed by atoms with E-state index in [4.69, 9.17) is 4.74 Å². The van der Waals surface area contributed by atoms with E-state index in [1.807, 2.05) is 0 Å². The molecule has 0 aliphatic carbocycles. The second kappa shape index (κ2) is 5.57. The van der Waals surface area contributed by atoms with Crippen LogP contribution in [0.15, 0.2) is 22.7 Å². The first-order valence-electron chi connectivity index (χ1n) is 5.40. The maximum absolute atomic E-state index is 10.6. The number of morpholine rings is 1. The van der Waals surface area contributed by atoms with Crippen LogP contribution in [-0.4, -0.2) is 36.1 Å². The van der Waals surface area contributed by atoms with E-state index >= 15 is 0 Å². The molecule has 0 aromatic heterocycles. The molecule has 1 aromatic rings. The van der Waals surface area contributed by atoms with Crippen LogP contribution in [0, 0.1) is 10.1 Å². The number of benzene rings is 1. The van der Waals surface area contributed by atoms with Crippen molar-refractivity contribution in [3.05, 3.63) is 38.3 Å². The van der Waals surface area contributed by atoms with E-state index in [9.17, 15) is 10.1 Å². The van der Waals surface area contributed by atoms with Crippen molar-refractivity contribution in [3.63, 3.8) is 0 Å². The molecule has 0 saturated carbocycles. The second-order valence-electron chi connectivity index (χ2n) is 3.92. The molecule has 1 fully saturated rings. The second-order valence-corrected chi connectivity index (χ2v) is 4.78. The topological polar surface area (TPSA) is 55.6 Å². The van der Waals surface area contributed by atoms with Gasteiger partial charge >= 0.3 is 0 Å². The molecule has 0 atom stereocenters. The maximum Gasteiger partial charge on any atom is 0.270 e. The molecule has 0 unspecified atom stereocenters. The van der Waals surface area contributed by atoms with Crippen molar-refractivity contribution in [3.8, 4) is 0 Å². The molecule has 1 heterocycles. The van der Waals surface area contributed by atoms with Crippen LogP contribution in [0.25, 0.3) is 0 Å². The predicted molar refractivity (Wildman–Crippen MR) is 66.9 cm³/mol. The van der Waals surface area contributed by atoms with Gasteiger partial charge in [-0.05, 0) is 11.6 Å². The van der Waals surface area contributed by atoms with Crippen molar-refractivity contribution in [1.82, 2.24) is 4.90 Å². The molecule has 0 N–H and O–H groups in total. The van der Waals surface area contributed by atoms with Gasteiger partial charge in [-0.1, -0.05) is 15.9 Å². The number of ether oxygens (including phenoxy) is 1. The first kappa shape index (κ1) is 12.5. The van der Waals surface area contributed by atoms with Gasteiger partial charge in [0.2, 0.25) is 0 Å². The van der Waals surface area contributed by atoms with Gasteiger partial charge in [0.05, 0.1) is 18.1 Å². The van der Waals surface area contributed by atoms with E-state index in [1.54, 1.807) is 18.2 Å². The molecule has 0 amide bonds. The highest BCUT2D eigenvalue weighted by Gasteiger charge is 2.14. The summed E-state index contributed by atoms with van der Waals surface area (Å²) < 4.78 is 6.07. The van der Waals surface area contributed by atoms with Gasteiger partial charge in [-0.25, -0.2) is 0 Å². The minimum Gasteiger partial charge on any atom is -0.379 e. The first-order chi connectivity index (χ1) is 8.16. The smallest absolute Gasteiger partial charge is 0.270 e. The van der Waals surface area contributed by atoms with Gasteiger partial charge in [0.15, 0.2) is 0 Å². The summed E-state index contributed by atoms with van der Waals surface area (Å²) in [6.07, 6.45) is 0. The van der Waals surface area contributed by atoms with Crippen LogP contribution in [0.5, 0.6) is 0 Å². The summed E-state index contributed by atoms with van der Waals surface area (Å²) in [7, 11) is 0. The van der Waals surface area contributed by atoms with Crippen molar-refractivity contribution in [2.45, 2.75) is 6.54 Å². The maximum atomic E-state index is 10.6. The van der Waals surface area contributed by atoms with Crippen LogP contribution in [-0.2, 0) is 11.3 Å². The van der Waals surface area contributed by atoms with Crippen LogP contribution in [0.4, 0.5) is 5.69 Å². The van der Waals surface area contributed by atoms with Gasteiger partial charge in [-0.15, -0.1) is 0 Å². The third kappa shape index (κ3) is 3.24. The lowest BCUT2D eigenvalue weighted by Gasteiger charge is -2.26. The summed E-state index contributed by atoms with van der Waals surface area (Å²) in [6.45, 7) is 4.12. The molecule has 2 rings (SSSR count). The Morgan fingerprint density at radius 2 is 2.12 bits per heavy atom. The Morgan fingerprint density at radius 1 is 1.41 bits per heavy atom. The van der Waals surface area contributed by atoms with Gasteiger partial charge in [0, 0.05) is 36.2 Å². The monoisotopic (exact) mass is 300 g/mol. The van der Waals surface area contributed by atoms with Crippen molar-refractivity contribution >= 4 is 21.6 Å². The minimum absolute atomic E-state index is 0.114. The Bertz CT molecular complexity index is 419. The standard InChI is InChI=1S/C11H13BrN2O3/c12-11-7-10(14(15)16)2-1-9(11)8-13-3-5-17-6-4-13/h1-2,7H,3-6,8H2. The fourth-order valence-electron chi connectivity index (χ4n) is 1.78. The number of nitro groups is 1. The molecule has 0 bridgehead atoms. The largest absolute Gasteiger partial charge is 0.379 e. The van der Waals surface area contributed by atoms with Crippen LogP contribution < -0.4 is 0 Å². The number of rotatable bonds is 3. The molecule has 92 valence electrons. The molecule has 5 nitrogen and oxygen atoms in total. The zero-order valence-corrected chi connectivity index (χ0v) is 10.9. The zero-order chi connectivity index (χ0) is 12.3. The lowest BCUT2D eigenvalue weighted by Crippen LogP contribution is -2.35. The summed E-state index contributed by atoms with van der Waals surface area (Å²) in [5, 5.41) is 10.6. The van der Waals surface area contributed by atoms with Crippen molar-refractivity contribution in [2.24, 2.45) is 0 Å². The number of hydrogen-bond acceptors (Lipinski definition) is 4. The average molecular weight is 301 g/mol. The van der Waals surface area contributed by atoms with Crippen LogP contribution in [0.3, 0.4) is 0 Å². The van der Waals surface area contributed by atoms with E-state index < -0.39 is 0 Å². The van der Waals surface area contributed by atoms with Crippen LogP contribution >= 0.6 is 15.9 Å². The minimum atomic E-state index is -0.386. The highest BCUT2D eigenvalue weighted by molar-refractivity contribution is 9.10. The third-order valence-corrected chi connectivity index (χ3v) is 3.48. The molecule has 6 heteroatoms. The summed E-state index contributed by atoms with van der Waals surface area (Å²) in [5.74, 6) is 0. The van der Waals surface area contributed by atoms with Crippen LogP contribution in [0.1, 0.15) is 5.56 Å². The Hall–Kier alpha value is -0.980. The number of non-ortho nitro benzene ring substituents is 1. The molecule has 1 aromatic carbocycles.